The number of anilines is 1. The summed E-state index contributed by atoms with van der Waals surface area (Å²) < 4.78 is 7.33. The lowest BCUT2D eigenvalue weighted by Gasteiger charge is -2.13. The van der Waals surface area contributed by atoms with Gasteiger partial charge in [-0.05, 0) is 35.4 Å². The first-order valence-corrected chi connectivity index (χ1v) is 9.07. The SMILES string of the molecule is O=C(NC[C@@H]1Cc2ccccc2O1)Nc1cccc(Cn2cccnc2=O)c1. The molecule has 28 heavy (non-hydrogen) atoms. The van der Waals surface area contributed by atoms with E-state index in [1.54, 1.807) is 18.3 Å². The summed E-state index contributed by atoms with van der Waals surface area (Å²) in [6.07, 6.45) is 3.87. The first-order valence-electron chi connectivity index (χ1n) is 9.07. The second kappa shape index (κ2) is 7.96. The van der Waals surface area contributed by atoms with E-state index in [9.17, 15) is 9.59 Å². The summed E-state index contributed by atoms with van der Waals surface area (Å²) in [5, 5.41) is 5.67. The number of carbonyl (C=O) groups excluding carboxylic acids is 1. The van der Waals surface area contributed by atoms with Crippen LogP contribution < -0.4 is 21.1 Å². The Kier molecular flexibility index (Phi) is 5.05. The van der Waals surface area contributed by atoms with Crippen molar-refractivity contribution in [2.75, 3.05) is 11.9 Å². The van der Waals surface area contributed by atoms with Crippen LogP contribution in [0, 0.1) is 0 Å². The molecule has 0 unspecified atom stereocenters. The van der Waals surface area contributed by atoms with E-state index in [1.165, 1.54) is 10.8 Å². The van der Waals surface area contributed by atoms with Crippen LogP contribution in [0.2, 0.25) is 0 Å². The van der Waals surface area contributed by atoms with E-state index in [0.29, 0.717) is 18.8 Å². The van der Waals surface area contributed by atoms with Gasteiger partial charge in [0.05, 0.1) is 13.1 Å². The van der Waals surface area contributed by atoms with Crippen molar-refractivity contribution in [3.63, 3.8) is 0 Å². The molecule has 0 bridgehead atoms. The van der Waals surface area contributed by atoms with Gasteiger partial charge >= 0.3 is 11.7 Å². The number of fused-ring (bicyclic) bond motifs is 1. The number of nitrogens with zero attached hydrogens (tertiary/aromatic N) is 2. The van der Waals surface area contributed by atoms with Crippen LogP contribution >= 0.6 is 0 Å². The van der Waals surface area contributed by atoms with Crippen molar-refractivity contribution in [3.05, 3.63) is 88.6 Å². The summed E-state index contributed by atoms with van der Waals surface area (Å²) in [6, 6.07) is 16.7. The van der Waals surface area contributed by atoms with Crippen LogP contribution in [-0.2, 0) is 13.0 Å². The second-order valence-corrected chi connectivity index (χ2v) is 6.62. The average Bonchev–Trinajstić information content (AvgIpc) is 3.12. The van der Waals surface area contributed by atoms with Gasteiger partial charge in [-0.25, -0.2) is 14.6 Å². The van der Waals surface area contributed by atoms with Gasteiger partial charge in [0.15, 0.2) is 0 Å². The molecule has 2 heterocycles. The lowest BCUT2D eigenvalue weighted by Crippen LogP contribution is -2.37. The van der Waals surface area contributed by atoms with Gasteiger partial charge < -0.3 is 15.4 Å². The Morgan fingerprint density at radius 3 is 2.93 bits per heavy atom. The van der Waals surface area contributed by atoms with Crippen LogP contribution in [0.25, 0.3) is 0 Å². The van der Waals surface area contributed by atoms with Gasteiger partial charge in [0.2, 0.25) is 0 Å². The topological polar surface area (TPSA) is 85.2 Å². The normalized spacial score (nSPS) is 14.8. The molecule has 4 rings (SSSR count). The van der Waals surface area contributed by atoms with Gasteiger partial charge in [-0.15, -0.1) is 0 Å². The summed E-state index contributed by atoms with van der Waals surface area (Å²) >= 11 is 0. The van der Waals surface area contributed by atoms with Gasteiger partial charge in [-0.2, -0.15) is 0 Å². The third-order valence-electron chi connectivity index (χ3n) is 4.52. The number of para-hydroxylation sites is 1. The summed E-state index contributed by atoms with van der Waals surface area (Å²) in [7, 11) is 0. The lowest BCUT2D eigenvalue weighted by atomic mass is 10.1. The molecule has 1 aromatic heterocycles. The third-order valence-corrected chi connectivity index (χ3v) is 4.52. The molecule has 7 nitrogen and oxygen atoms in total. The van der Waals surface area contributed by atoms with E-state index in [2.05, 4.69) is 15.6 Å². The Labute approximate surface area is 162 Å². The highest BCUT2D eigenvalue weighted by Gasteiger charge is 2.22. The summed E-state index contributed by atoms with van der Waals surface area (Å²) in [5.41, 5.74) is 2.40. The lowest BCUT2D eigenvalue weighted by molar-refractivity contribution is 0.219. The molecule has 142 valence electrons. The van der Waals surface area contributed by atoms with Crippen molar-refractivity contribution >= 4 is 11.7 Å². The molecule has 0 aliphatic carbocycles. The number of hydrogen-bond donors (Lipinski definition) is 2. The largest absolute Gasteiger partial charge is 0.488 e. The zero-order valence-corrected chi connectivity index (χ0v) is 15.2. The highest BCUT2D eigenvalue weighted by atomic mass is 16.5. The van der Waals surface area contributed by atoms with Crippen LogP contribution in [0.1, 0.15) is 11.1 Å². The van der Waals surface area contributed by atoms with Crippen LogP contribution in [-0.4, -0.2) is 28.2 Å². The first-order chi connectivity index (χ1) is 13.7. The molecule has 0 radical (unpaired) electrons. The maximum absolute atomic E-state index is 12.2. The number of urea groups is 1. The predicted molar refractivity (Wildman–Crippen MR) is 106 cm³/mol. The molecule has 0 saturated carbocycles. The molecule has 1 aliphatic heterocycles. The van der Waals surface area contributed by atoms with E-state index < -0.39 is 0 Å². The maximum Gasteiger partial charge on any atom is 0.347 e. The fraction of sp³-hybridized carbons (Fsp3) is 0.190. The van der Waals surface area contributed by atoms with E-state index in [0.717, 1.165) is 23.3 Å². The molecule has 1 atom stereocenters. The Bertz CT molecular complexity index is 1020. The van der Waals surface area contributed by atoms with Gasteiger partial charge in [0, 0.05) is 24.5 Å². The van der Waals surface area contributed by atoms with E-state index in [4.69, 9.17) is 4.74 Å². The number of hydrogen-bond acceptors (Lipinski definition) is 4. The van der Waals surface area contributed by atoms with Gasteiger partial charge in [0.1, 0.15) is 11.9 Å². The molecule has 7 heteroatoms. The monoisotopic (exact) mass is 376 g/mol. The Hall–Kier alpha value is -3.61. The number of amides is 2. The number of ether oxygens (including phenoxy) is 1. The predicted octanol–water partition coefficient (Wildman–Crippen LogP) is 2.42. The summed E-state index contributed by atoms with van der Waals surface area (Å²) in [5.74, 6) is 0.882. The maximum atomic E-state index is 12.2. The Morgan fingerprint density at radius 2 is 2.07 bits per heavy atom. The van der Waals surface area contributed by atoms with Gasteiger partial charge in [-0.3, -0.25) is 4.57 Å². The van der Waals surface area contributed by atoms with Crippen LogP contribution in [0.5, 0.6) is 5.75 Å². The molecule has 1 aliphatic rings. The highest BCUT2D eigenvalue weighted by molar-refractivity contribution is 5.89. The minimum atomic E-state index is -0.309. The molecule has 0 saturated heterocycles. The van der Waals surface area contributed by atoms with Crippen molar-refractivity contribution in [3.8, 4) is 5.75 Å². The van der Waals surface area contributed by atoms with Crippen LogP contribution in [0.3, 0.4) is 0 Å². The Balaban J connectivity index is 1.31. The zero-order chi connectivity index (χ0) is 19.3. The second-order valence-electron chi connectivity index (χ2n) is 6.62. The number of carbonyl (C=O) groups is 1. The van der Waals surface area contributed by atoms with Crippen molar-refractivity contribution in [2.24, 2.45) is 0 Å². The van der Waals surface area contributed by atoms with Gasteiger partial charge in [-0.1, -0.05) is 30.3 Å². The third kappa shape index (κ3) is 4.20. The van der Waals surface area contributed by atoms with Gasteiger partial charge in [0.25, 0.3) is 0 Å². The molecule has 2 N–H and O–H groups in total. The standard InChI is InChI=1S/C21H20N4O3/c26-20(23-13-18-12-16-6-1-2-8-19(16)28-18)24-17-7-3-5-15(11-17)14-25-10-4-9-22-21(25)27/h1-11,18H,12-14H2,(H2,23,24,26)/t18-/m0/s1. The Morgan fingerprint density at radius 1 is 1.18 bits per heavy atom. The van der Waals surface area contributed by atoms with Crippen molar-refractivity contribution < 1.29 is 9.53 Å². The number of aromatic nitrogens is 2. The average molecular weight is 376 g/mol. The van der Waals surface area contributed by atoms with E-state index in [1.807, 2.05) is 42.5 Å². The molecule has 3 aromatic rings. The molecule has 2 amide bonds. The highest BCUT2D eigenvalue weighted by Crippen LogP contribution is 2.27. The molecule has 2 aromatic carbocycles. The number of nitrogens with one attached hydrogen (secondary N) is 2. The van der Waals surface area contributed by atoms with Crippen molar-refractivity contribution in [1.29, 1.82) is 0 Å². The minimum absolute atomic E-state index is 0.0630. The minimum Gasteiger partial charge on any atom is -0.488 e. The zero-order valence-electron chi connectivity index (χ0n) is 15.2. The van der Waals surface area contributed by atoms with Crippen molar-refractivity contribution in [2.45, 2.75) is 19.1 Å². The molecule has 0 spiro atoms. The van der Waals surface area contributed by atoms with E-state index in [-0.39, 0.29) is 17.8 Å². The summed E-state index contributed by atoms with van der Waals surface area (Å²) in [6.45, 7) is 0.809. The van der Waals surface area contributed by atoms with E-state index >= 15 is 0 Å². The number of benzene rings is 2. The molecule has 0 fully saturated rings. The first kappa shape index (κ1) is 17.8. The number of rotatable bonds is 5. The smallest absolute Gasteiger partial charge is 0.347 e. The van der Waals surface area contributed by atoms with Crippen LogP contribution in [0.4, 0.5) is 10.5 Å². The van der Waals surface area contributed by atoms with Crippen LogP contribution in [0.15, 0.2) is 71.8 Å². The quantitative estimate of drug-likeness (QED) is 0.716. The fourth-order valence-corrected chi connectivity index (χ4v) is 3.20. The fourth-order valence-electron chi connectivity index (χ4n) is 3.20. The molecular formula is C21H20N4O3. The van der Waals surface area contributed by atoms with Crippen molar-refractivity contribution in [1.82, 2.24) is 14.9 Å². The summed E-state index contributed by atoms with van der Waals surface area (Å²) in [4.78, 5) is 27.7. The molecular weight excluding hydrogens is 356 g/mol.